The van der Waals surface area contributed by atoms with Crippen molar-refractivity contribution in [2.24, 2.45) is 5.92 Å². The van der Waals surface area contributed by atoms with E-state index in [0.717, 1.165) is 29.7 Å². The van der Waals surface area contributed by atoms with Gasteiger partial charge in [0.05, 0.1) is 23.8 Å². The van der Waals surface area contributed by atoms with E-state index in [1.807, 2.05) is 26.2 Å². The first kappa shape index (κ1) is 17.7. The Morgan fingerprint density at radius 3 is 2.96 bits per heavy atom. The SMILES string of the molecule is CC1CN(S(=O)(=O)C[C@H]2C[C@@H](N(C)c3ncnc4[nH]ccc34)C2)CCO1. The molecule has 0 spiro atoms. The highest BCUT2D eigenvalue weighted by atomic mass is 32.2. The fourth-order valence-electron chi connectivity index (χ4n) is 3.91. The van der Waals surface area contributed by atoms with Crippen molar-refractivity contribution >= 4 is 26.9 Å². The average Bonchev–Trinajstić information content (AvgIpc) is 3.06. The third-order valence-electron chi connectivity index (χ3n) is 5.47. The minimum atomic E-state index is -3.21. The van der Waals surface area contributed by atoms with Crippen LogP contribution in [0, 0.1) is 5.92 Å². The Hall–Kier alpha value is -1.71. The molecule has 4 rings (SSSR count). The first-order chi connectivity index (χ1) is 12.4. The van der Waals surface area contributed by atoms with E-state index in [0.29, 0.717) is 25.7 Å². The topological polar surface area (TPSA) is 91.4 Å². The number of anilines is 1. The normalized spacial score (nSPS) is 27.4. The van der Waals surface area contributed by atoms with Gasteiger partial charge in [0.1, 0.15) is 17.8 Å². The number of hydrogen-bond donors (Lipinski definition) is 1. The quantitative estimate of drug-likeness (QED) is 0.840. The van der Waals surface area contributed by atoms with E-state index in [1.165, 1.54) is 0 Å². The summed E-state index contributed by atoms with van der Waals surface area (Å²) in [5.74, 6) is 1.33. The number of fused-ring (bicyclic) bond motifs is 1. The largest absolute Gasteiger partial charge is 0.376 e. The molecule has 26 heavy (non-hydrogen) atoms. The first-order valence-corrected chi connectivity index (χ1v) is 10.7. The van der Waals surface area contributed by atoms with Crippen LogP contribution in [-0.2, 0) is 14.8 Å². The predicted octanol–water partition coefficient (Wildman–Crippen LogP) is 1.22. The van der Waals surface area contributed by atoms with Crippen molar-refractivity contribution in [3.63, 3.8) is 0 Å². The van der Waals surface area contributed by atoms with Crippen LogP contribution in [0.4, 0.5) is 5.82 Å². The molecule has 8 nitrogen and oxygen atoms in total. The van der Waals surface area contributed by atoms with Crippen molar-refractivity contribution in [2.45, 2.75) is 31.9 Å². The lowest BCUT2D eigenvalue weighted by Gasteiger charge is -2.42. The molecule has 1 N–H and O–H groups in total. The van der Waals surface area contributed by atoms with Gasteiger partial charge in [0.15, 0.2) is 0 Å². The van der Waals surface area contributed by atoms with Crippen LogP contribution in [-0.4, -0.2) is 72.3 Å². The fraction of sp³-hybridized carbons (Fsp3) is 0.647. The summed E-state index contributed by atoms with van der Waals surface area (Å²) >= 11 is 0. The number of sulfonamides is 1. The second-order valence-corrected chi connectivity index (χ2v) is 9.37. The van der Waals surface area contributed by atoms with Gasteiger partial charge < -0.3 is 14.6 Å². The van der Waals surface area contributed by atoms with Gasteiger partial charge in [0.2, 0.25) is 10.0 Å². The molecule has 1 saturated carbocycles. The number of rotatable bonds is 5. The Morgan fingerprint density at radius 2 is 2.19 bits per heavy atom. The molecule has 0 bridgehead atoms. The van der Waals surface area contributed by atoms with Crippen LogP contribution in [0.1, 0.15) is 19.8 Å². The lowest BCUT2D eigenvalue weighted by Crippen LogP contribution is -2.50. The zero-order valence-corrected chi connectivity index (χ0v) is 15.9. The highest BCUT2D eigenvalue weighted by molar-refractivity contribution is 7.89. The van der Waals surface area contributed by atoms with Gasteiger partial charge in [-0.2, -0.15) is 4.31 Å². The number of aromatic amines is 1. The summed E-state index contributed by atoms with van der Waals surface area (Å²) in [4.78, 5) is 13.9. The highest BCUT2D eigenvalue weighted by Crippen LogP contribution is 2.36. The standard InChI is InChI=1S/C17H25N5O3S/c1-12-9-22(5-6-25-12)26(23,24)10-13-7-14(8-13)21(2)17-15-3-4-18-16(15)19-11-20-17/h3-4,11-14H,5-10H2,1-2H3,(H,18,19,20)/t12?,13-,14+. The minimum Gasteiger partial charge on any atom is -0.376 e. The van der Waals surface area contributed by atoms with Crippen molar-refractivity contribution in [3.05, 3.63) is 18.6 Å². The maximum atomic E-state index is 12.7. The zero-order valence-electron chi connectivity index (χ0n) is 15.1. The first-order valence-electron chi connectivity index (χ1n) is 9.04. The van der Waals surface area contributed by atoms with E-state index in [-0.39, 0.29) is 17.8 Å². The van der Waals surface area contributed by atoms with E-state index in [4.69, 9.17) is 4.74 Å². The van der Waals surface area contributed by atoms with Crippen molar-refractivity contribution in [3.8, 4) is 0 Å². The molecule has 2 aromatic rings. The van der Waals surface area contributed by atoms with Crippen LogP contribution >= 0.6 is 0 Å². The molecule has 0 amide bonds. The maximum Gasteiger partial charge on any atom is 0.214 e. The van der Waals surface area contributed by atoms with E-state index in [1.54, 1.807) is 10.6 Å². The molecular weight excluding hydrogens is 354 g/mol. The molecule has 1 aliphatic carbocycles. The Kier molecular flexibility index (Phi) is 4.62. The van der Waals surface area contributed by atoms with Gasteiger partial charge in [0, 0.05) is 32.4 Å². The minimum absolute atomic E-state index is 0.0275. The van der Waals surface area contributed by atoms with Gasteiger partial charge >= 0.3 is 0 Å². The molecule has 0 radical (unpaired) electrons. The Balaban J connectivity index is 1.37. The van der Waals surface area contributed by atoms with Gasteiger partial charge in [-0.3, -0.25) is 0 Å². The summed E-state index contributed by atoms with van der Waals surface area (Å²) in [6.45, 7) is 3.33. The summed E-state index contributed by atoms with van der Waals surface area (Å²) in [5, 5.41) is 0.994. The van der Waals surface area contributed by atoms with E-state index < -0.39 is 10.0 Å². The van der Waals surface area contributed by atoms with Gasteiger partial charge in [-0.1, -0.05) is 0 Å². The average molecular weight is 379 g/mol. The number of hydrogen-bond acceptors (Lipinski definition) is 6. The number of H-pyrrole nitrogens is 1. The second-order valence-electron chi connectivity index (χ2n) is 7.36. The lowest BCUT2D eigenvalue weighted by atomic mass is 9.81. The molecule has 1 atom stereocenters. The van der Waals surface area contributed by atoms with E-state index in [9.17, 15) is 8.42 Å². The van der Waals surface area contributed by atoms with E-state index in [2.05, 4.69) is 19.9 Å². The Morgan fingerprint density at radius 1 is 1.38 bits per heavy atom. The van der Waals surface area contributed by atoms with E-state index >= 15 is 0 Å². The molecule has 3 heterocycles. The van der Waals surface area contributed by atoms with Gasteiger partial charge in [0.25, 0.3) is 0 Å². The highest BCUT2D eigenvalue weighted by Gasteiger charge is 2.38. The molecule has 2 aromatic heterocycles. The van der Waals surface area contributed by atoms with Gasteiger partial charge in [-0.05, 0) is 31.7 Å². The summed E-state index contributed by atoms with van der Waals surface area (Å²) in [7, 11) is -1.19. The van der Waals surface area contributed by atoms with Crippen LogP contribution in [0.25, 0.3) is 11.0 Å². The molecule has 0 aromatic carbocycles. The van der Waals surface area contributed by atoms with Crippen LogP contribution in [0.15, 0.2) is 18.6 Å². The van der Waals surface area contributed by atoms with Crippen LogP contribution in [0.2, 0.25) is 0 Å². The molecule has 2 fully saturated rings. The van der Waals surface area contributed by atoms with Gasteiger partial charge in [-0.15, -0.1) is 0 Å². The third kappa shape index (κ3) is 3.30. The Labute approximate surface area is 153 Å². The molecule has 1 aliphatic heterocycles. The fourth-order valence-corrected chi connectivity index (χ4v) is 5.78. The second kappa shape index (κ2) is 6.79. The van der Waals surface area contributed by atoms with Crippen LogP contribution in [0.5, 0.6) is 0 Å². The summed E-state index contributed by atoms with van der Waals surface area (Å²) in [6, 6.07) is 2.29. The number of nitrogens with one attached hydrogen (secondary N) is 1. The summed E-state index contributed by atoms with van der Waals surface area (Å²) in [5.41, 5.74) is 0.821. The summed E-state index contributed by atoms with van der Waals surface area (Å²) < 4.78 is 32.3. The monoisotopic (exact) mass is 379 g/mol. The number of morpholine rings is 1. The lowest BCUT2D eigenvalue weighted by molar-refractivity contribution is 0.00994. The molecule has 142 valence electrons. The Bertz CT molecular complexity index is 877. The van der Waals surface area contributed by atoms with Crippen molar-refractivity contribution in [1.29, 1.82) is 0 Å². The molecule has 2 aliphatic rings. The maximum absolute atomic E-state index is 12.7. The van der Waals surface area contributed by atoms with Crippen molar-refractivity contribution < 1.29 is 13.2 Å². The van der Waals surface area contributed by atoms with Gasteiger partial charge in [-0.25, -0.2) is 18.4 Å². The number of ether oxygens (including phenoxy) is 1. The summed E-state index contributed by atoms with van der Waals surface area (Å²) in [6.07, 6.45) is 5.12. The smallest absolute Gasteiger partial charge is 0.214 e. The molecule has 1 unspecified atom stereocenters. The zero-order chi connectivity index (χ0) is 18.3. The van der Waals surface area contributed by atoms with Crippen molar-refractivity contribution in [1.82, 2.24) is 19.3 Å². The molecular formula is C17H25N5O3S. The third-order valence-corrected chi connectivity index (χ3v) is 7.48. The number of aromatic nitrogens is 3. The molecule has 9 heteroatoms. The van der Waals surface area contributed by atoms with Crippen LogP contribution < -0.4 is 4.90 Å². The van der Waals surface area contributed by atoms with Crippen LogP contribution in [0.3, 0.4) is 0 Å². The van der Waals surface area contributed by atoms with Crippen molar-refractivity contribution in [2.75, 3.05) is 37.4 Å². The molecule has 1 saturated heterocycles. The number of nitrogens with zero attached hydrogens (tertiary/aromatic N) is 4. The predicted molar refractivity (Wildman–Crippen MR) is 99.6 cm³/mol.